The molecule has 2 heteroatoms. The van der Waals surface area contributed by atoms with Gasteiger partial charge in [-0.1, -0.05) is 13.8 Å². The summed E-state index contributed by atoms with van der Waals surface area (Å²) in [4.78, 5) is 14.1. The first-order chi connectivity index (χ1) is 6.72. The standard InChI is InChI=1S/C12H21NO/c1-3-4-12(14)13-10-5-6-11(13)8-9(2)7-10/h9-11H,3-8H2,1-2H3. The molecule has 14 heavy (non-hydrogen) atoms. The summed E-state index contributed by atoms with van der Waals surface area (Å²) in [6.07, 6.45) is 6.73. The molecule has 0 aliphatic carbocycles. The maximum atomic E-state index is 11.9. The van der Waals surface area contributed by atoms with Gasteiger partial charge in [0, 0.05) is 18.5 Å². The molecule has 2 bridgehead atoms. The summed E-state index contributed by atoms with van der Waals surface area (Å²) in [5, 5.41) is 0. The van der Waals surface area contributed by atoms with E-state index in [-0.39, 0.29) is 0 Å². The highest BCUT2D eigenvalue weighted by molar-refractivity contribution is 5.77. The lowest BCUT2D eigenvalue weighted by molar-refractivity contribution is -0.136. The molecule has 2 nitrogen and oxygen atoms in total. The molecule has 2 fully saturated rings. The number of fused-ring (bicyclic) bond motifs is 2. The molecule has 2 unspecified atom stereocenters. The van der Waals surface area contributed by atoms with Gasteiger partial charge >= 0.3 is 0 Å². The van der Waals surface area contributed by atoms with Crippen molar-refractivity contribution in [2.45, 2.75) is 64.5 Å². The Morgan fingerprint density at radius 2 is 1.86 bits per heavy atom. The maximum absolute atomic E-state index is 11.9. The molecule has 0 saturated carbocycles. The normalized spacial score (nSPS) is 36.1. The zero-order chi connectivity index (χ0) is 10.1. The van der Waals surface area contributed by atoms with E-state index in [0.29, 0.717) is 18.0 Å². The van der Waals surface area contributed by atoms with Crippen LogP contribution in [0.1, 0.15) is 52.4 Å². The summed E-state index contributed by atoms with van der Waals surface area (Å²) in [5.41, 5.74) is 0. The molecule has 2 aliphatic rings. The van der Waals surface area contributed by atoms with E-state index in [1.165, 1.54) is 25.7 Å². The van der Waals surface area contributed by atoms with Crippen molar-refractivity contribution < 1.29 is 4.79 Å². The minimum absolute atomic E-state index is 0.409. The van der Waals surface area contributed by atoms with E-state index < -0.39 is 0 Å². The van der Waals surface area contributed by atoms with Crippen LogP contribution in [0.2, 0.25) is 0 Å². The Morgan fingerprint density at radius 3 is 2.36 bits per heavy atom. The van der Waals surface area contributed by atoms with Crippen molar-refractivity contribution in [2.75, 3.05) is 0 Å². The Labute approximate surface area is 86.7 Å². The summed E-state index contributed by atoms with van der Waals surface area (Å²) >= 11 is 0. The van der Waals surface area contributed by atoms with Crippen molar-refractivity contribution >= 4 is 5.91 Å². The Morgan fingerprint density at radius 1 is 1.29 bits per heavy atom. The summed E-state index contributed by atoms with van der Waals surface area (Å²) in [5.74, 6) is 1.24. The Balaban J connectivity index is 2.03. The highest BCUT2D eigenvalue weighted by atomic mass is 16.2. The highest BCUT2D eigenvalue weighted by Crippen LogP contribution is 2.38. The van der Waals surface area contributed by atoms with Crippen LogP contribution in [0.4, 0.5) is 0 Å². The van der Waals surface area contributed by atoms with E-state index in [1.54, 1.807) is 0 Å². The van der Waals surface area contributed by atoms with Crippen LogP contribution < -0.4 is 0 Å². The van der Waals surface area contributed by atoms with Crippen molar-refractivity contribution in [1.29, 1.82) is 0 Å². The van der Waals surface area contributed by atoms with Crippen LogP contribution in [0.3, 0.4) is 0 Å². The molecule has 0 N–H and O–H groups in total. The first kappa shape index (κ1) is 10.0. The lowest BCUT2D eigenvalue weighted by Crippen LogP contribution is -2.45. The number of hydrogen-bond acceptors (Lipinski definition) is 1. The number of nitrogens with zero attached hydrogens (tertiary/aromatic N) is 1. The minimum Gasteiger partial charge on any atom is -0.337 e. The van der Waals surface area contributed by atoms with Gasteiger partial charge in [-0.05, 0) is 38.0 Å². The molecule has 0 radical (unpaired) electrons. The van der Waals surface area contributed by atoms with Crippen LogP contribution in [0.25, 0.3) is 0 Å². The number of carbonyl (C=O) groups is 1. The monoisotopic (exact) mass is 195 g/mol. The second-order valence-electron chi connectivity index (χ2n) is 5.01. The largest absolute Gasteiger partial charge is 0.337 e. The molecule has 2 atom stereocenters. The highest BCUT2D eigenvalue weighted by Gasteiger charge is 2.41. The third kappa shape index (κ3) is 1.67. The number of rotatable bonds is 2. The Bertz CT molecular complexity index is 212. The Kier molecular flexibility index (Phi) is 2.80. The number of carbonyl (C=O) groups excluding carboxylic acids is 1. The molecule has 0 aromatic heterocycles. The van der Waals surface area contributed by atoms with Gasteiger partial charge < -0.3 is 4.90 Å². The van der Waals surface area contributed by atoms with Gasteiger partial charge in [-0.2, -0.15) is 0 Å². The van der Waals surface area contributed by atoms with Crippen LogP contribution >= 0.6 is 0 Å². The van der Waals surface area contributed by atoms with Crippen molar-refractivity contribution in [1.82, 2.24) is 4.90 Å². The fourth-order valence-corrected chi connectivity index (χ4v) is 3.20. The summed E-state index contributed by atoms with van der Waals surface area (Å²) in [6, 6.07) is 1.17. The molecule has 0 aromatic rings. The number of hydrogen-bond donors (Lipinski definition) is 0. The Hall–Kier alpha value is -0.530. The van der Waals surface area contributed by atoms with E-state index in [1.807, 2.05) is 0 Å². The van der Waals surface area contributed by atoms with Crippen LogP contribution in [0.15, 0.2) is 0 Å². The molecule has 1 amide bonds. The van der Waals surface area contributed by atoms with E-state index in [2.05, 4.69) is 18.7 Å². The van der Waals surface area contributed by atoms with Crippen LogP contribution in [0, 0.1) is 5.92 Å². The second kappa shape index (κ2) is 3.92. The quantitative estimate of drug-likeness (QED) is 0.663. The molecule has 0 aromatic carbocycles. The van der Waals surface area contributed by atoms with Gasteiger partial charge in [-0.3, -0.25) is 4.79 Å². The maximum Gasteiger partial charge on any atom is 0.223 e. The van der Waals surface area contributed by atoms with Crippen LogP contribution in [-0.2, 0) is 4.79 Å². The fraction of sp³-hybridized carbons (Fsp3) is 0.917. The molecule has 2 aliphatic heterocycles. The van der Waals surface area contributed by atoms with Crippen molar-refractivity contribution in [3.05, 3.63) is 0 Å². The zero-order valence-corrected chi connectivity index (χ0v) is 9.33. The van der Waals surface area contributed by atoms with Crippen molar-refractivity contribution in [2.24, 2.45) is 5.92 Å². The summed E-state index contributed by atoms with van der Waals surface area (Å²) in [7, 11) is 0. The van der Waals surface area contributed by atoms with Gasteiger partial charge in [0.05, 0.1) is 0 Å². The molecule has 2 saturated heterocycles. The van der Waals surface area contributed by atoms with E-state index in [0.717, 1.165) is 18.8 Å². The smallest absolute Gasteiger partial charge is 0.223 e. The van der Waals surface area contributed by atoms with Crippen molar-refractivity contribution in [3.63, 3.8) is 0 Å². The van der Waals surface area contributed by atoms with Gasteiger partial charge in [0.2, 0.25) is 5.91 Å². The molecular formula is C12H21NO. The number of piperidine rings is 1. The molecule has 2 rings (SSSR count). The molecule has 0 spiro atoms. The van der Waals surface area contributed by atoms with E-state index >= 15 is 0 Å². The third-order valence-corrected chi connectivity index (χ3v) is 3.72. The van der Waals surface area contributed by atoms with Crippen LogP contribution in [0.5, 0.6) is 0 Å². The van der Waals surface area contributed by atoms with Gasteiger partial charge in [0.1, 0.15) is 0 Å². The topological polar surface area (TPSA) is 20.3 Å². The predicted octanol–water partition coefficient (Wildman–Crippen LogP) is 2.58. The van der Waals surface area contributed by atoms with E-state index in [4.69, 9.17) is 0 Å². The first-order valence-electron chi connectivity index (χ1n) is 6.03. The second-order valence-corrected chi connectivity index (χ2v) is 5.01. The van der Waals surface area contributed by atoms with Crippen LogP contribution in [-0.4, -0.2) is 22.9 Å². The van der Waals surface area contributed by atoms with E-state index in [9.17, 15) is 4.79 Å². The summed E-state index contributed by atoms with van der Waals surface area (Å²) < 4.78 is 0. The number of amides is 1. The minimum atomic E-state index is 0.409. The predicted molar refractivity (Wildman–Crippen MR) is 57.0 cm³/mol. The zero-order valence-electron chi connectivity index (χ0n) is 9.33. The average molecular weight is 195 g/mol. The van der Waals surface area contributed by atoms with Gasteiger partial charge in [0.15, 0.2) is 0 Å². The molecule has 80 valence electrons. The van der Waals surface area contributed by atoms with Gasteiger partial charge in [-0.25, -0.2) is 0 Å². The lowest BCUT2D eigenvalue weighted by Gasteiger charge is -2.38. The van der Waals surface area contributed by atoms with Crippen molar-refractivity contribution in [3.8, 4) is 0 Å². The molecular weight excluding hydrogens is 174 g/mol. The van der Waals surface area contributed by atoms with Gasteiger partial charge in [-0.15, -0.1) is 0 Å². The third-order valence-electron chi connectivity index (χ3n) is 3.72. The lowest BCUT2D eigenvalue weighted by atomic mass is 9.92. The SMILES string of the molecule is CCCC(=O)N1C2CCC1CC(C)C2. The summed E-state index contributed by atoms with van der Waals surface area (Å²) in [6.45, 7) is 4.42. The fourth-order valence-electron chi connectivity index (χ4n) is 3.20. The van der Waals surface area contributed by atoms with Gasteiger partial charge in [0.25, 0.3) is 0 Å². The first-order valence-corrected chi connectivity index (χ1v) is 6.03. The molecule has 2 heterocycles. The average Bonchev–Trinajstić information content (AvgIpc) is 2.39.